The number of rotatable bonds is 3. The van der Waals surface area contributed by atoms with Crippen molar-refractivity contribution in [1.29, 1.82) is 0 Å². The van der Waals surface area contributed by atoms with Crippen LogP contribution in [0.5, 0.6) is 0 Å². The topological polar surface area (TPSA) is 64.0 Å². The second kappa shape index (κ2) is 6.00. The molecule has 2 aromatic carbocycles. The van der Waals surface area contributed by atoms with E-state index >= 15 is 0 Å². The number of halogens is 1. The fourth-order valence-electron chi connectivity index (χ4n) is 2.30. The monoisotopic (exact) mass is 311 g/mol. The minimum Gasteiger partial charge on any atom is -0.324 e. The molecule has 6 heteroatoms. The molecular weight excluding hydrogens is 297 g/mol. The standard InChI is InChI=1S/C17H14FN3O2/c1-11(16(22)20-14-7-4-6-13(18)9-14)21-17(23)15-8-3-2-5-12(15)10-19-21/h2-11H,1H3,(H,20,22)/t11-/m1/s1. The van der Waals surface area contributed by atoms with Crippen molar-refractivity contribution in [2.24, 2.45) is 0 Å². The van der Waals surface area contributed by atoms with Crippen molar-refractivity contribution in [3.8, 4) is 0 Å². The normalized spacial score (nSPS) is 12.1. The Morgan fingerprint density at radius 1 is 1.22 bits per heavy atom. The average Bonchev–Trinajstić information content (AvgIpc) is 2.55. The minimum atomic E-state index is -0.824. The van der Waals surface area contributed by atoms with E-state index in [4.69, 9.17) is 0 Å². The summed E-state index contributed by atoms with van der Waals surface area (Å²) in [6, 6.07) is 11.8. The summed E-state index contributed by atoms with van der Waals surface area (Å²) in [6.45, 7) is 1.57. The van der Waals surface area contributed by atoms with Gasteiger partial charge >= 0.3 is 0 Å². The summed E-state index contributed by atoms with van der Waals surface area (Å²) < 4.78 is 14.3. The first kappa shape index (κ1) is 14.9. The van der Waals surface area contributed by atoms with Crippen molar-refractivity contribution in [3.63, 3.8) is 0 Å². The molecule has 0 bridgehead atoms. The van der Waals surface area contributed by atoms with E-state index in [2.05, 4.69) is 10.4 Å². The fraction of sp³-hybridized carbons (Fsp3) is 0.118. The second-order valence-corrected chi connectivity index (χ2v) is 5.16. The van der Waals surface area contributed by atoms with Crippen LogP contribution in [0.25, 0.3) is 10.8 Å². The molecule has 1 N–H and O–H groups in total. The van der Waals surface area contributed by atoms with Crippen LogP contribution in [0.4, 0.5) is 10.1 Å². The number of nitrogens with zero attached hydrogens (tertiary/aromatic N) is 2. The molecule has 1 atom stereocenters. The molecule has 0 saturated heterocycles. The van der Waals surface area contributed by atoms with Crippen LogP contribution in [0.3, 0.4) is 0 Å². The molecule has 0 aliphatic carbocycles. The third-order valence-corrected chi connectivity index (χ3v) is 3.56. The van der Waals surface area contributed by atoms with E-state index in [9.17, 15) is 14.0 Å². The molecule has 0 aliphatic heterocycles. The molecule has 3 aromatic rings. The predicted octanol–water partition coefficient (Wildman–Crippen LogP) is 2.74. The van der Waals surface area contributed by atoms with Crippen molar-refractivity contribution >= 4 is 22.4 Å². The molecular formula is C17H14FN3O2. The Balaban J connectivity index is 1.90. The van der Waals surface area contributed by atoms with Crippen LogP contribution in [0.1, 0.15) is 13.0 Å². The first-order chi connectivity index (χ1) is 11.1. The van der Waals surface area contributed by atoms with Gasteiger partial charge in [-0.25, -0.2) is 9.07 Å². The van der Waals surface area contributed by atoms with Crippen molar-refractivity contribution in [2.45, 2.75) is 13.0 Å². The van der Waals surface area contributed by atoms with Gasteiger partial charge < -0.3 is 5.32 Å². The van der Waals surface area contributed by atoms with E-state index in [0.29, 0.717) is 16.5 Å². The zero-order chi connectivity index (χ0) is 16.4. The third kappa shape index (κ3) is 2.96. The van der Waals surface area contributed by atoms with Crippen LogP contribution in [0.2, 0.25) is 0 Å². The maximum atomic E-state index is 13.2. The van der Waals surface area contributed by atoms with Crippen LogP contribution in [0.15, 0.2) is 59.5 Å². The highest BCUT2D eigenvalue weighted by atomic mass is 19.1. The molecule has 3 rings (SSSR count). The van der Waals surface area contributed by atoms with E-state index in [-0.39, 0.29) is 5.56 Å². The molecule has 1 heterocycles. The van der Waals surface area contributed by atoms with E-state index in [1.807, 2.05) is 6.07 Å². The lowest BCUT2D eigenvalue weighted by Gasteiger charge is -2.14. The quantitative estimate of drug-likeness (QED) is 0.809. The van der Waals surface area contributed by atoms with Gasteiger partial charge in [-0.15, -0.1) is 0 Å². The van der Waals surface area contributed by atoms with E-state index in [1.165, 1.54) is 18.2 Å². The number of fused-ring (bicyclic) bond motifs is 1. The Labute approximate surface area is 131 Å². The summed E-state index contributed by atoms with van der Waals surface area (Å²) in [5.41, 5.74) is -0.0133. The van der Waals surface area contributed by atoms with E-state index in [0.717, 1.165) is 4.68 Å². The second-order valence-electron chi connectivity index (χ2n) is 5.16. The highest BCUT2D eigenvalue weighted by molar-refractivity contribution is 5.93. The number of benzene rings is 2. The fourth-order valence-corrected chi connectivity index (χ4v) is 2.30. The van der Waals surface area contributed by atoms with Crippen molar-refractivity contribution in [2.75, 3.05) is 5.32 Å². The summed E-state index contributed by atoms with van der Waals surface area (Å²) in [4.78, 5) is 24.7. The van der Waals surface area contributed by atoms with E-state index in [1.54, 1.807) is 37.4 Å². The van der Waals surface area contributed by atoms with Crippen LogP contribution in [0, 0.1) is 5.82 Å². The average molecular weight is 311 g/mol. The minimum absolute atomic E-state index is 0.329. The number of amides is 1. The van der Waals surface area contributed by atoms with Crippen LogP contribution < -0.4 is 10.9 Å². The molecule has 0 unspecified atom stereocenters. The third-order valence-electron chi connectivity index (χ3n) is 3.56. The number of aromatic nitrogens is 2. The maximum absolute atomic E-state index is 13.2. The molecule has 23 heavy (non-hydrogen) atoms. The van der Waals surface area contributed by atoms with Gasteiger partial charge in [0.2, 0.25) is 5.91 Å². The molecule has 0 spiro atoms. The number of hydrogen-bond donors (Lipinski definition) is 1. The number of hydrogen-bond acceptors (Lipinski definition) is 3. The SMILES string of the molecule is C[C@H](C(=O)Nc1cccc(F)c1)n1ncc2ccccc2c1=O. The summed E-state index contributed by atoms with van der Waals surface area (Å²) in [5.74, 6) is -0.892. The lowest BCUT2D eigenvalue weighted by molar-refractivity contribution is -0.119. The van der Waals surface area contributed by atoms with Gasteiger partial charge in [0.05, 0.1) is 11.6 Å². The summed E-state index contributed by atoms with van der Waals surface area (Å²) in [5, 5.41) is 7.84. The number of carbonyl (C=O) groups is 1. The molecule has 5 nitrogen and oxygen atoms in total. The van der Waals surface area contributed by atoms with Gasteiger partial charge in [0.1, 0.15) is 11.9 Å². The van der Waals surface area contributed by atoms with Gasteiger partial charge in [-0.1, -0.05) is 24.3 Å². The number of anilines is 1. The van der Waals surface area contributed by atoms with Crippen LogP contribution in [-0.2, 0) is 4.79 Å². The summed E-state index contributed by atoms with van der Waals surface area (Å²) >= 11 is 0. The summed E-state index contributed by atoms with van der Waals surface area (Å²) in [7, 11) is 0. The number of nitrogens with one attached hydrogen (secondary N) is 1. The van der Waals surface area contributed by atoms with Crippen molar-refractivity contribution in [3.05, 3.63) is 70.9 Å². The largest absolute Gasteiger partial charge is 0.324 e. The molecule has 0 radical (unpaired) electrons. The van der Waals surface area contributed by atoms with Crippen molar-refractivity contribution < 1.29 is 9.18 Å². The summed E-state index contributed by atoms with van der Waals surface area (Å²) in [6.07, 6.45) is 1.54. The molecule has 1 amide bonds. The van der Waals surface area contributed by atoms with Crippen molar-refractivity contribution in [1.82, 2.24) is 9.78 Å². The first-order valence-electron chi connectivity index (χ1n) is 7.09. The Morgan fingerprint density at radius 3 is 2.78 bits per heavy atom. The van der Waals surface area contributed by atoms with Crippen LogP contribution >= 0.6 is 0 Å². The van der Waals surface area contributed by atoms with Gasteiger partial charge in [-0.3, -0.25) is 9.59 Å². The molecule has 116 valence electrons. The lowest BCUT2D eigenvalue weighted by atomic mass is 10.2. The van der Waals surface area contributed by atoms with E-state index < -0.39 is 17.8 Å². The van der Waals surface area contributed by atoms with Crippen LogP contribution in [-0.4, -0.2) is 15.7 Å². The Kier molecular flexibility index (Phi) is 3.89. The van der Waals surface area contributed by atoms with Gasteiger partial charge in [-0.2, -0.15) is 5.10 Å². The molecule has 0 aliphatic rings. The Bertz CT molecular complexity index is 936. The van der Waals surface area contributed by atoms with Gasteiger partial charge in [0, 0.05) is 11.1 Å². The lowest BCUT2D eigenvalue weighted by Crippen LogP contribution is -2.33. The highest BCUT2D eigenvalue weighted by Gasteiger charge is 2.18. The zero-order valence-corrected chi connectivity index (χ0v) is 12.4. The molecule has 0 fully saturated rings. The predicted molar refractivity (Wildman–Crippen MR) is 85.7 cm³/mol. The highest BCUT2D eigenvalue weighted by Crippen LogP contribution is 2.13. The van der Waals surface area contributed by atoms with Gasteiger partial charge in [0.25, 0.3) is 5.56 Å². The molecule has 0 saturated carbocycles. The number of carbonyl (C=O) groups excluding carboxylic acids is 1. The Morgan fingerprint density at radius 2 is 2.00 bits per heavy atom. The first-order valence-corrected chi connectivity index (χ1v) is 7.09. The zero-order valence-electron chi connectivity index (χ0n) is 12.4. The maximum Gasteiger partial charge on any atom is 0.275 e. The molecule has 1 aromatic heterocycles. The van der Waals surface area contributed by atoms with Gasteiger partial charge in [-0.05, 0) is 31.2 Å². The van der Waals surface area contributed by atoms with Gasteiger partial charge in [0.15, 0.2) is 0 Å². The smallest absolute Gasteiger partial charge is 0.275 e. The Hall–Kier alpha value is -3.02.